The van der Waals surface area contributed by atoms with Gasteiger partial charge in [-0.3, -0.25) is 0 Å². The molecule has 0 atom stereocenters. The van der Waals surface area contributed by atoms with E-state index < -0.39 is 0 Å². The highest BCUT2D eigenvalue weighted by Gasteiger charge is 2.37. The second kappa shape index (κ2) is 1.72. The topological polar surface area (TPSA) is 9.23 Å². The molecule has 1 heterocycles. The molecule has 1 rings (SSSR count). The van der Waals surface area contributed by atoms with Gasteiger partial charge in [-0.05, 0) is 19.3 Å². The van der Waals surface area contributed by atoms with Crippen molar-refractivity contribution < 1.29 is 4.74 Å². The van der Waals surface area contributed by atoms with Crippen molar-refractivity contribution in [1.82, 2.24) is 0 Å². The maximum Gasteiger partial charge on any atom is 0.0664 e. The average Bonchev–Trinajstić information content (AvgIpc) is 1.78. The minimum absolute atomic E-state index is 0.00347. The van der Waals surface area contributed by atoms with Crippen LogP contribution in [-0.2, 0) is 4.74 Å². The maximum atomic E-state index is 5.50. The number of ether oxygens (including phenoxy) is 1. The lowest BCUT2D eigenvalue weighted by Crippen LogP contribution is -2.19. The van der Waals surface area contributed by atoms with E-state index in [4.69, 9.17) is 4.74 Å². The first-order valence-electron chi connectivity index (χ1n) is 3.42. The molecule has 0 aromatic heterocycles. The van der Waals surface area contributed by atoms with Crippen LogP contribution in [0.5, 0.6) is 0 Å². The van der Waals surface area contributed by atoms with Crippen LogP contribution in [0.2, 0.25) is 0 Å². The summed E-state index contributed by atoms with van der Waals surface area (Å²) in [5, 5.41) is 0. The van der Waals surface area contributed by atoms with E-state index in [1.165, 1.54) is 0 Å². The molecule has 0 bridgehead atoms. The molecule has 9 heavy (non-hydrogen) atoms. The van der Waals surface area contributed by atoms with Crippen molar-refractivity contribution in [3.05, 3.63) is 6.42 Å². The van der Waals surface area contributed by atoms with Gasteiger partial charge >= 0.3 is 0 Å². The number of hydrogen-bond donors (Lipinski definition) is 0. The van der Waals surface area contributed by atoms with Crippen LogP contribution in [0.1, 0.15) is 27.7 Å². The molecule has 1 heteroatoms. The molecule has 0 aliphatic carbocycles. The Kier molecular flexibility index (Phi) is 1.35. The first-order valence-corrected chi connectivity index (χ1v) is 3.42. The van der Waals surface area contributed by atoms with Crippen molar-refractivity contribution in [2.45, 2.75) is 33.3 Å². The van der Waals surface area contributed by atoms with Crippen LogP contribution in [0.3, 0.4) is 0 Å². The predicted octanol–water partition coefficient (Wildman–Crippen LogP) is 2.03. The summed E-state index contributed by atoms with van der Waals surface area (Å²) in [7, 11) is 0. The lowest BCUT2D eigenvalue weighted by atomic mass is 9.86. The molecule has 53 valence electrons. The Morgan fingerprint density at radius 3 is 1.89 bits per heavy atom. The zero-order chi connectivity index (χ0) is 7.12. The van der Waals surface area contributed by atoms with E-state index >= 15 is 0 Å². The Morgan fingerprint density at radius 1 is 1.22 bits per heavy atom. The summed E-state index contributed by atoms with van der Waals surface area (Å²) < 4.78 is 5.50. The van der Waals surface area contributed by atoms with Crippen molar-refractivity contribution in [2.24, 2.45) is 5.41 Å². The summed E-state index contributed by atoms with van der Waals surface area (Å²) in [5.74, 6) is 0. The van der Waals surface area contributed by atoms with E-state index in [-0.39, 0.29) is 11.0 Å². The largest absolute Gasteiger partial charge is 0.375 e. The van der Waals surface area contributed by atoms with E-state index in [1.807, 2.05) is 0 Å². The molecule has 0 unspecified atom stereocenters. The zero-order valence-corrected chi connectivity index (χ0v) is 6.69. The van der Waals surface area contributed by atoms with Crippen LogP contribution in [0.25, 0.3) is 0 Å². The van der Waals surface area contributed by atoms with Crippen molar-refractivity contribution >= 4 is 0 Å². The van der Waals surface area contributed by atoms with Crippen LogP contribution in [0.15, 0.2) is 0 Å². The zero-order valence-electron chi connectivity index (χ0n) is 6.69. The van der Waals surface area contributed by atoms with Gasteiger partial charge in [-0.15, -0.1) is 0 Å². The normalized spacial score (nSPS) is 30.7. The molecular formula is C8H15O. The Morgan fingerprint density at radius 2 is 1.78 bits per heavy atom. The molecule has 0 N–H and O–H groups in total. The molecule has 0 spiro atoms. The van der Waals surface area contributed by atoms with Crippen LogP contribution in [0, 0.1) is 11.8 Å². The molecule has 1 aliphatic rings. The van der Waals surface area contributed by atoms with Crippen LogP contribution >= 0.6 is 0 Å². The monoisotopic (exact) mass is 127 g/mol. The molecule has 1 saturated heterocycles. The van der Waals surface area contributed by atoms with E-state index in [0.717, 1.165) is 6.61 Å². The average molecular weight is 127 g/mol. The van der Waals surface area contributed by atoms with Gasteiger partial charge in [-0.2, -0.15) is 0 Å². The van der Waals surface area contributed by atoms with Crippen LogP contribution < -0.4 is 0 Å². The summed E-state index contributed by atoms with van der Waals surface area (Å²) in [6, 6.07) is 0. The molecule has 1 radical (unpaired) electrons. The van der Waals surface area contributed by atoms with Gasteiger partial charge in [0.15, 0.2) is 0 Å². The third kappa shape index (κ3) is 1.68. The van der Waals surface area contributed by atoms with Gasteiger partial charge in [-0.1, -0.05) is 13.8 Å². The Bertz CT molecular complexity index is 99.7. The van der Waals surface area contributed by atoms with Crippen molar-refractivity contribution in [3.63, 3.8) is 0 Å². The molecule has 0 saturated carbocycles. The summed E-state index contributed by atoms with van der Waals surface area (Å²) in [6.45, 7) is 9.45. The van der Waals surface area contributed by atoms with E-state index in [1.54, 1.807) is 0 Å². The van der Waals surface area contributed by atoms with E-state index in [9.17, 15) is 0 Å². The first kappa shape index (κ1) is 7.07. The Hall–Kier alpha value is -0.0400. The molecule has 1 fully saturated rings. The van der Waals surface area contributed by atoms with Crippen LogP contribution in [-0.4, -0.2) is 12.2 Å². The highest BCUT2D eigenvalue weighted by molar-refractivity contribution is 5.02. The van der Waals surface area contributed by atoms with Crippen molar-refractivity contribution in [3.8, 4) is 0 Å². The molecule has 0 aromatic rings. The fourth-order valence-corrected chi connectivity index (χ4v) is 1.40. The standard InChI is InChI=1S/C8H15O/c1-7(2)5-8(3,4)9-6-7/h5H,6H2,1-4H3. The smallest absolute Gasteiger partial charge is 0.0664 e. The van der Waals surface area contributed by atoms with Crippen molar-refractivity contribution in [2.75, 3.05) is 6.61 Å². The number of hydrogen-bond acceptors (Lipinski definition) is 1. The van der Waals surface area contributed by atoms with Gasteiger partial charge < -0.3 is 4.74 Å². The maximum absolute atomic E-state index is 5.50. The SMILES string of the molecule is CC1(C)[CH]C(C)(C)OC1. The molecule has 1 nitrogen and oxygen atoms in total. The third-order valence-corrected chi connectivity index (χ3v) is 1.55. The second-order valence-electron chi connectivity index (χ2n) is 4.03. The summed E-state index contributed by atoms with van der Waals surface area (Å²) in [4.78, 5) is 0. The third-order valence-electron chi connectivity index (χ3n) is 1.55. The Labute approximate surface area is 57.4 Å². The van der Waals surface area contributed by atoms with Crippen molar-refractivity contribution in [1.29, 1.82) is 0 Å². The second-order valence-corrected chi connectivity index (χ2v) is 4.03. The van der Waals surface area contributed by atoms with Gasteiger partial charge in [0.2, 0.25) is 0 Å². The highest BCUT2D eigenvalue weighted by Crippen LogP contribution is 2.36. The minimum Gasteiger partial charge on any atom is -0.375 e. The van der Waals surface area contributed by atoms with Gasteiger partial charge in [0, 0.05) is 6.42 Å². The fourth-order valence-electron chi connectivity index (χ4n) is 1.40. The summed E-state index contributed by atoms with van der Waals surface area (Å²) >= 11 is 0. The van der Waals surface area contributed by atoms with Crippen LogP contribution in [0.4, 0.5) is 0 Å². The summed E-state index contributed by atoms with van der Waals surface area (Å²) in [6.07, 6.45) is 2.26. The molecule has 1 aliphatic heterocycles. The van der Waals surface area contributed by atoms with Gasteiger partial charge in [0.25, 0.3) is 0 Å². The first-order chi connectivity index (χ1) is 3.91. The quantitative estimate of drug-likeness (QED) is 0.483. The lowest BCUT2D eigenvalue weighted by molar-refractivity contribution is 0.0432. The molecule has 0 amide bonds. The van der Waals surface area contributed by atoms with E-state index in [0.29, 0.717) is 0 Å². The van der Waals surface area contributed by atoms with Gasteiger partial charge in [0.1, 0.15) is 0 Å². The molecular weight excluding hydrogens is 112 g/mol. The van der Waals surface area contributed by atoms with Gasteiger partial charge in [0.05, 0.1) is 12.2 Å². The lowest BCUT2D eigenvalue weighted by Gasteiger charge is -2.17. The Balaban J connectivity index is 2.58. The predicted molar refractivity (Wildman–Crippen MR) is 38.1 cm³/mol. The van der Waals surface area contributed by atoms with Gasteiger partial charge in [-0.25, -0.2) is 0 Å². The van der Waals surface area contributed by atoms with E-state index in [2.05, 4.69) is 34.1 Å². The highest BCUT2D eigenvalue weighted by atomic mass is 16.5. The molecule has 0 aromatic carbocycles. The summed E-state index contributed by atoms with van der Waals surface area (Å²) in [5.41, 5.74) is 0.285. The fraction of sp³-hybridized carbons (Fsp3) is 0.875. The number of rotatable bonds is 0. The minimum atomic E-state index is 0.00347.